The summed E-state index contributed by atoms with van der Waals surface area (Å²) in [5.41, 5.74) is 3.86. The van der Waals surface area contributed by atoms with E-state index in [0.717, 1.165) is 37.6 Å². The van der Waals surface area contributed by atoms with Crippen LogP contribution in [-0.2, 0) is 17.9 Å². The number of hydrogen-bond acceptors (Lipinski definition) is 5. The Bertz CT molecular complexity index is 1040. The van der Waals surface area contributed by atoms with Gasteiger partial charge in [0, 0.05) is 42.1 Å². The minimum absolute atomic E-state index is 0.209. The highest BCUT2D eigenvalue weighted by Gasteiger charge is 2.13. The fourth-order valence-electron chi connectivity index (χ4n) is 3.62. The van der Waals surface area contributed by atoms with Gasteiger partial charge in [-0.2, -0.15) is 0 Å². The maximum absolute atomic E-state index is 13.3. The van der Waals surface area contributed by atoms with E-state index < -0.39 is 0 Å². The standard InChI is InChI=1S/C25H26ClFN2O3/c1-30-24-4-2-3-18(25(24)32-17-19-5-6-20(27)15-23(19)26)16-28-21-7-9-22(10-8-21)29-11-13-31-14-12-29/h2-10,15,28H,11-14,16-17H2,1H3. The van der Waals surface area contributed by atoms with Crippen molar-refractivity contribution in [3.8, 4) is 11.5 Å². The third kappa shape index (κ3) is 5.44. The summed E-state index contributed by atoms with van der Waals surface area (Å²) >= 11 is 6.15. The Balaban J connectivity index is 1.44. The predicted octanol–water partition coefficient (Wildman–Crippen LogP) is 5.52. The fourth-order valence-corrected chi connectivity index (χ4v) is 3.84. The van der Waals surface area contributed by atoms with E-state index in [0.29, 0.717) is 28.6 Å². The lowest BCUT2D eigenvalue weighted by molar-refractivity contribution is 0.122. The highest BCUT2D eigenvalue weighted by Crippen LogP contribution is 2.33. The molecule has 32 heavy (non-hydrogen) atoms. The molecule has 0 saturated carbocycles. The summed E-state index contributed by atoms with van der Waals surface area (Å²) in [6, 6.07) is 18.4. The molecule has 0 amide bonds. The lowest BCUT2D eigenvalue weighted by Gasteiger charge is -2.29. The van der Waals surface area contributed by atoms with Gasteiger partial charge in [-0.15, -0.1) is 0 Å². The molecule has 0 atom stereocenters. The molecular weight excluding hydrogens is 431 g/mol. The largest absolute Gasteiger partial charge is 0.493 e. The number of nitrogens with one attached hydrogen (secondary N) is 1. The quantitative estimate of drug-likeness (QED) is 0.483. The van der Waals surface area contributed by atoms with Crippen molar-refractivity contribution in [2.24, 2.45) is 0 Å². The molecule has 0 aliphatic carbocycles. The van der Waals surface area contributed by atoms with Crippen molar-refractivity contribution in [1.82, 2.24) is 0 Å². The van der Waals surface area contributed by atoms with Crippen LogP contribution in [0, 0.1) is 5.82 Å². The number of benzene rings is 3. The average molecular weight is 457 g/mol. The van der Waals surface area contributed by atoms with Crippen molar-refractivity contribution in [2.75, 3.05) is 43.6 Å². The van der Waals surface area contributed by atoms with Crippen molar-refractivity contribution in [3.63, 3.8) is 0 Å². The molecule has 3 aromatic carbocycles. The second kappa shape index (κ2) is 10.6. The second-order valence-electron chi connectivity index (χ2n) is 7.47. The molecule has 1 aliphatic heterocycles. The molecule has 168 valence electrons. The van der Waals surface area contributed by atoms with Gasteiger partial charge in [0.25, 0.3) is 0 Å². The van der Waals surface area contributed by atoms with Crippen LogP contribution in [0.2, 0.25) is 5.02 Å². The van der Waals surface area contributed by atoms with Crippen LogP contribution in [0.15, 0.2) is 60.7 Å². The van der Waals surface area contributed by atoms with Gasteiger partial charge in [-0.25, -0.2) is 4.39 Å². The number of morpholine rings is 1. The molecule has 0 radical (unpaired) electrons. The third-order valence-electron chi connectivity index (χ3n) is 5.39. The number of nitrogens with zero attached hydrogens (tertiary/aromatic N) is 1. The van der Waals surface area contributed by atoms with Crippen LogP contribution in [-0.4, -0.2) is 33.4 Å². The highest BCUT2D eigenvalue weighted by atomic mass is 35.5. The molecular formula is C25H26ClFN2O3. The third-order valence-corrected chi connectivity index (χ3v) is 5.75. The van der Waals surface area contributed by atoms with E-state index in [2.05, 4.69) is 34.5 Å². The molecule has 7 heteroatoms. The Morgan fingerprint density at radius 3 is 2.53 bits per heavy atom. The Kier molecular flexibility index (Phi) is 7.35. The van der Waals surface area contributed by atoms with Crippen LogP contribution in [0.4, 0.5) is 15.8 Å². The van der Waals surface area contributed by atoms with Crippen molar-refractivity contribution in [3.05, 3.63) is 82.6 Å². The zero-order valence-electron chi connectivity index (χ0n) is 17.9. The number of para-hydroxylation sites is 1. The van der Waals surface area contributed by atoms with Crippen molar-refractivity contribution in [2.45, 2.75) is 13.2 Å². The van der Waals surface area contributed by atoms with Gasteiger partial charge in [0.15, 0.2) is 11.5 Å². The van der Waals surface area contributed by atoms with Gasteiger partial charge in [-0.1, -0.05) is 29.8 Å². The number of rotatable bonds is 8. The smallest absolute Gasteiger partial charge is 0.166 e. The van der Waals surface area contributed by atoms with Crippen molar-refractivity contribution >= 4 is 23.0 Å². The molecule has 1 N–H and O–H groups in total. The van der Waals surface area contributed by atoms with E-state index in [9.17, 15) is 4.39 Å². The number of halogens is 2. The van der Waals surface area contributed by atoms with Crippen LogP contribution < -0.4 is 19.7 Å². The second-order valence-corrected chi connectivity index (χ2v) is 7.88. The van der Waals surface area contributed by atoms with Gasteiger partial charge in [0.2, 0.25) is 0 Å². The molecule has 4 rings (SSSR count). The first-order valence-electron chi connectivity index (χ1n) is 10.5. The molecule has 1 fully saturated rings. The van der Waals surface area contributed by atoms with Crippen LogP contribution in [0.1, 0.15) is 11.1 Å². The van der Waals surface area contributed by atoms with Crippen LogP contribution in [0.5, 0.6) is 11.5 Å². The minimum atomic E-state index is -0.374. The first-order chi connectivity index (χ1) is 15.6. The minimum Gasteiger partial charge on any atom is -0.493 e. The summed E-state index contributed by atoms with van der Waals surface area (Å²) in [5, 5.41) is 3.78. The summed E-state index contributed by atoms with van der Waals surface area (Å²) in [5.74, 6) is 0.888. The zero-order chi connectivity index (χ0) is 22.3. The van der Waals surface area contributed by atoms with E-state index >= 15 is 0 Å². The van der Waals surface area contributed by atoms with Gasteiger partial charge in [-0.05, 0) is 42.5 Å². The molecule has 1 aliphatic rings. The van der Waals surface area contributed by atoms with Crippen molar-refractivity contribution in [1.29, 1.82) is 0 Å². The Labute approximate surface area is 192 Å². The van der Waals surface area contributed by atoms with Crippen LogP contribution >= 0.6 is 11.6 Å². The summed E-state index contributed by atoms with van der Waals surface area (Å²) in [7, 11) is 1.61. The van der Waals surface area contributed by atoms with E-state index in [1.54, 1.807) is 13.2 Å². The Hall–Kier alpha value is -2.96. The molecule has 1 heterocycles. The summed E-state index contributed by atoms with van der Waals surface area (Å²) in [4.78, 5) is 2.32. The normalized spacial score (nSPS) is 13.7. The number of methoxy groups -OCH3 is 1. The Morgan fingerprint density at radius 1 is 1.03 bits per heavy atom. The van der Waals surface area contributed by atoms with Crippen LogP contribution in [0.25, 0.3) is 0 Å². The number of hydrogen-bond donors (Lipinski definition) is 1. The zero-order valence-corrected chi connectivity index (χ0v) is 18.7. The van der Waals surface area contributed by atoms with Gasteiger partial charge in [0.1, 0.15) is 12.4 Å². The SMILES string of the molecule is COc1cccc(CNc2ccc(N3CCOCC3)cc2)c1OCc1ccc(F)cc1Cl. The van der Waals surface area contributed by atoms with E-state index in [1.165, 1.54) is 17.8 Å². The molecule has 0 spiro atoms. The molecule has 0 bridgehead atoms. The molecule has 0 unspecified atom stereocenters. The maximum atomic E-state index is 13.3. The Morgan fingerprint density at radius 2 is 1.81 bits per heavy atom. The average Bonchev–Trinajstić information content (AvgIpc) is 2.83. The van der Waals surface area contributed by atoms with Crippen LogP contribution in [0.3, 0.4) is 0 Å². The van der Waals surface area contributed by atoms with Gasteiger partial charge in [-0.3, -0.25) is 0 Å². The monoisotopic (exact) mass is 456 g/mol. The molecule has 3 aromatic rings. The van der Waals surface area contributed by atoms with Gasteiger partial charge < -0.3 is 24.4 Å². The van der Waals surface area contributed by atoms with Gasteiger partial charge >= 0.3 is 0 Å². The molecule has 5 nitrogen and oxygen atoms in total. The summed E-state index contributed by atoms with van der Waals surface area (Å²) < 4.78 is 30.3. The first kappa shape index (κ1) is 22.2. The lowest BCUT2D eigenvalue weighted by Crippen LogP contribution is -2.36. The highest BCUT2D eigenvalue weighted by molar-refractivity contribution is 6.31. The first-order valence-corrected chi connectivity index (χ1v) is 10.9. The predicted molar refractivity (Wildman–Crippen MR) is 126 cm³/mol. The van der Waals surface area contributed by atoms with E-state index in [4.69, 9.17) is 25.8 Å². The topological polar surface area (TPSA) is 43.0 Å². The lowest BCUT2D eigenvalue weighted by atomic mass is 10.1. The number of anilines is 2. The number of ether oxygens (including phenoxy) is 3. The fraction of sp³-hybridized carbons (Fsp3) is 0.280. The van der Waals surface area contributed by atoms with Crippen molar-refractivity contribution < 1.29 is 18.6 Å². The van der Waals surface area contributed by atoms with Gasteiger partial charge in [0.05, 0.1) is 25.3 Å². The maximum Gasteiger partial charge on any atom is 0.166 e. The summed E-state index contributed by atoms with van der Waals surface area (Å²) in [6.45, 7) is 4.12. The molecule has 1 saturated heterocycles. The van der Waals surface area contributed by atoms with E-state index in [1.807, 2.05) is 18.2 Å². The molecule has 0 aromatic heterocycles. The van der Waals surface area contributed by atoms with E-state index in [-0.39, 0.29) is 12.4 Å². The summed E-state index contributed by atoms with van der Waals surface area (Å²) in [6.07, 6.45) is 0.